The van der Waals surface area contributed by atoms with Crippen LogP contribution in [0.4, 0.5) is 11.5 Å². The third-order valence-corrected chi connectivity index (χ3v) is 3.52. The highest BCUT2D eigenvalue weighted by Crippen LogP contribution is 2.32. The Balaban J connectivity index is 2.27. The molecule has 0 radical (unpaired) electrons. The minimum Gasteiger partial charge on any atom is -0.469 e. The van der Waals surface area contributed by atoms with Crippen LogP contribution >= 0.6 is 0 Å². The molecule has 1 unspecified atom stereocenters. The Hall–Kier alpha value is -2.12. The van der Waals surface area contributed by atoms with Crippen molar-refractivity contribution in [2.45, 2.75) is 31.7 Å². The first kappa shape index (κ1) is 14.3. The van der Waals surface area contributed by atoms with Gasteiger partial charge in [0.15, 0.2) is 0 Å². The molecule has 1 fully saturated rings. The largest absolute Gasteiger partial charge is 0.469 e. The molecule has 0 aromatic carbocycles. The van der Waals surface area contributed by atoms with Gasteiger partial charge in [0.05, 0.1) is 18.5 Å². The van der Waals surface area contributed by atoms with E-state index in [4.69, 9.17) is 4.74 Å². The standard InChI is InChI=1S/C12H18N4O4/c1-14-8-10(16(18)19)12(13-14)15-6-4-3-5-9(15)7-11(17)20-2/h8-9H,3-7H2,1-2H3. The summed E-state index contributed by atoms with van der Waals surface area (Å²) in [4.78, 5) is 24.0. The van der Waals surface area contributed by atoms with Gasteiger partial charge in [-0.05, 0) is 19.3 Å². The lowest BCUT2D eigenvalue weighted by Crippen LogP contribution is -2.41. The number of rotatable bonds is 4. The molecule has 2 heterocycles. The van der Waals surface area contributed by atoms with Crippen molar-refractivity contribution in [1.29, 1.82) is 0 Å². The fourth-order valence-electron chi connectivity index (χ4n) is 2.56. The van der Waals surface area contributed by atoms with Crippen LogP contribution in [0.3, 0.4) is 0 Å². The molecule has 8 nitrogen and oxygen atoms in total. The number of ether oxygens (including phenoxy) is 1. The molecule has 1 saturated heterocycles. The van der Waals surface area contributed by atoms with Gasteiger partial charge in [-0.15, -0.1) is 5.10 Å². The number of carbonyl (C=O) groups excluding carboxylic acids is 1. The number of aryl methyl sites for hydroxylation is 1. The Bertz CT molecular complexity index is 514. The first-order chi connectivity index (χ1) is 9.52. The summed E-state index contributed by atoms with van der Waals surface area (Å²) in [5.74, 6) is 0.0339. The van der Waals surface area contributed by atoms with Gasteiger partial charge in [0.25, 0.3) is 0 Å². The molecule has 0 saturated carbocycles. The topological polar surface area (TPSA) is 90.5 Å². The molecule has 1 aliphatic heterocycles. The molecule has 1 atom stereocenters. The van der Waals surface area contributed by atoms with E-state index in [1.807, 2.05) is 4.90 Å². The zero-order valence-electron chi connectivity index (χ0n) is 11.6. The first-order valence-electron chi connectivity index (χ1n) is 6.54. The Labute approximate surface area is 116 Å². The van der Waals surface area contributed by atoms with Crippen molar-refractivity contribution < 1.29 is 14.5 Å². The monoisotopic (exact) mass is 282 g/mol. The van der Waals surface area contributed by atoms with Crippen LogP contribution in [0.5, 0.6) is 0 Å². The van der Waals surface area contributed by atoms with Gasteiger partial charge in [-0.1, -0.05) is 0 Å². The smallest absolute Gasteiger partial charge is 0.330 e. The van der Waals surface area contributed by atoms with Crippen molar-refractivity contribution in [2.75, 3.05) is 18.6 Å². The van der Waals surface area contributed by atoms with Crippen LogP contribution in [0.1, 0.15) is 25.7 Å². The predicted octanol–water partition coefficient (Wildman–Crippen LogP) is 1.25. The van der Waals surface area contributed by atoms with E-state index >= 15 is 0 Å². The maximum absolute atomic E-state index is 11.5. The van der Waals surface area contributed by atoms with Crippen molar-refractivity contribution in [3.05, 3.63) is 16.3 Å². The zero-order valence-corrected chi connectivity index (χ0v) is 11.6. The van der Waals surface area contributed by atoms with Gasteiger partial charge in [0.2, 0.25) is 5.82 Å². The average Bonchev–Trinajstić information content (AvgIpc) is 2.81. The number of nitrogens with zero attached hydrogens (tertiary/aromatic N) is 4. The number of aromatic nitrogens is 2. The lowest BCUT2D eigenvalue weighted by molar-refractivity contribution is -0.384. The van der Waals surface area contributed by atoms with Gasteiger partial charge in [0, 0.05) is 19.6 Å². The van der Waals surface area contributed by atoms with Gasteiger partial charge in [-0.2, -0.15) is 0 Å². The number of nitro groups is 1. The van der Waals surface area contributed by atoms with Crippen LogP contribution < -0.4 is 4.90 Å². The molecule has 0 spiro atoms. The van der Waals surface area contributed by atoms with Crippen molar-refractivity contribution in [1.82, 2.24) is 9.78 Å². The van der Waals surface area contributed by atoms with Crippen LogP contribution in [0.15, 0.2) is 6.20 Å². The lowest BCUT2D eigenvalue weighted by atomic mass is 9.99. The minimum absolute atomic E-state index is 0.0238. The second-order valence-corrected chi connectivity index (χ2v) is 4.89. The summed E-state index contributed by atoms with van der Waals surface area (Å²) >= 11 is 0. The molecule has 20 heavy (non-hydrogen) atoms. The second-order valence-electron chi connectivity index (χ2n) is 4.89. The molecule has 110 valence electrons. The van der Waals surface area contributed by atoms with Crippen molar-refractivity contribution in [3.8, 4) is 0 Å². The summed E-state index contributed by atoms with van der Waals surface area (Å²) in [6.07, 6.45) is 4.36. The number of hydrogen-bond donors (Lipinski definition) is 0. The van der Waals surface area contributed by atoms with Crippen molar-refractivity contribution in [3.63, 3.8) is 0 Å². The fraction of sp³-hybridized carbons (Fsp3) is 0.667. The minimum atomic E-state index is -0.438. The van der Waals surface area contributed by atoms with E-state index < -0.39 is 4.92 Å². The Morgan fingerprint density at radius 2 is 2.35 bits per heavy atom. The maximum Gasteiger partial charge on any atom is 0.330 e. The lowest BCUT2D eigenvalue weighted by Gasteiger charge is -2.34. The van der Waals surface area contributed by atoms with Crippen LogP contribution in [-0.4, -0.2) is 40.4 Å². The maximum atomic E-state index is 11.5. The van der Waals surface area contributed by atoms with Gasteiger partial charge in [0.1, 0.15) is 6.20 Å². The van der Waals surface area contributed by atoms with E-state index in [1.54, 1.807) is 7.05 Å². The van der Waals surface area contributed by atoms with Crippen LogP contribution in [0, 0.1) is 10.1 Å². The average molecular weight is 282 g/mol. The van der Waals surface area contributed by atoms with Crippen LogP contribution in [-0.2, 0) is 16.6 Å². The second kappa shape index (κ2) is 5.89. The Morgan fingerprint density at radius 3 is 3.00 bits per heavy atom. The molecule has 1 aromatic rings. The summed E-state index contributed by atoms with van der Waals surface area (Å²) in [5, 5.41) is 15.3. The van der Waals surface area contributed by atoms with E-state index in [9.17, 15) is 14.9 Å². The summed E-state index contributed by atoms with van der Waals surface area (Å²) in [7, 11) is 2.99. The molecule has 2 rings (SSSR count). The third-order valence-electron chi connectivity index (χ3n) is 3.52. The number of carbonyl (C=O) groups is 1. The van der Waals surface area contributed by atoms with E-state index in [2.05, 4.69) is 5.10 Å². The van der Waals surface area contributed by atoms with E-state index in [1.165, 1.54) is 18.0 Å². The summed E-state index contributed by atoms with van der Waals surface area (Å²) in [6, 6.07) is -0.0928. The molecular formula is C12H18N4O4. The van der Waals surface area contributed by atoms with Crippen molar-refractivity contribution in [2.24, 2.45) is 7.05 Å². The normalized spacial score (nSPS) is 18.9. The molecule has 0 N–H and O–H groups in total. The van der Waals surface area contributed by atoms with E-state index in [-0.39, 0.29) is 24.1 Å². The van der Waals surface area contributed by atoms with E-state index in [0.29, 0.717) is 12.4 Å². The highest BCUT2D eigenvalue weighted by Gasteiger charge is 2.32. The predicted molar refractivity (Wildman–Crippen MR) is 71.5 cm³/mol. The SMILES string of the molecule is COC(=O)CC1CCCCN1c1nn(C)cc1[N+](=O)[O-]. The van der Waals surface area contributed by atoms with Gasteiger partial charge in [-0.25, -0.2) is 0 Å². The fourth-order valence-corrected chi connectivity index (χ4v) is 2.56. The molecule has 0 aliphatic carbocycles. The summed E-state index contributed by atoms with van der Waals surface area (Å²) in [6.45, 7) is 0.666. The van der Waals surface area contributed by atoms with E-state index in [0.717, 1.165) is 19.3 Å². The summed E-state index contributed by atoms with van der Waals surface area (Å²) < 4.78 is 6.12. The molecule has 1 aliphatic rings. The Morgan fingerprint density at radius 1 is 1.60 bits per heavy atom. The first-order valence-corrected chi connectivity index (χ1v) is 6.54. The third kappa shape index (κ3) is 2.89. The van der Waals surface area contributed by atoms with Crippen LogP contribution in [0.2, 0.25) is 0 Å². The van der Waals surface area contributed by atoms with Crippen LogP contribution in [0.25, 0.3) is 0 Å². The number of hydrogen-bond acceptors (Lipinski definition) is 6. The highest BCUT2D eigenvalue weighted by atomic mass is 16.6. The Kier molecular flexibility index (Phi) is 4.21. The number of piperidine rings is 1. The molecule has 0 amide bonds. The molecule has 0 bridgehead atoms. The quantitative estimate of drug-likeness (QED) is 0.469. The van der Waals surface area contributed by atoms with Gasteiger partial charge >= 0.3 is 11.7 Å². The van der Waals surface area contributed by atoms with Crippen molar-refractivity contribution >= 4 is 17.5 Å². The molecule has 8 heteroatoms. The molecule has 1 aromatic heterocycles. The van der Waals surface area contributed by atoms with Gasteiger partial charge in [-0.3, -0.25) is 19.6 Å². The number of anilines is 1. The molecular weight excluding hydrogens is 264 g/mol. The zero-order chi connectivity index (χ0) is 14.7. The van der Waals surface area contributed by atoms with Gasteiger partial charge < -0.3 is 9.64 Å². The highest BCUT2D eigenvalue weighted by molar-refractivity contribution is 5.71. The number of esters is 1. The number of methoxy groups -OCH3 is 1. The summed E-state index contributed by atoms with van der Waals surface area (Å²) in [5.41, 5.74) is -0.0238.